The maximum atomic E-state index is 11.9. The minimum Gasteiger partial charge on any atom is -0.480 e. The molecule has 0 saturated carbocycles. The first-order chi connectivity index (χ1) is 8.04. The van der Waals surface area contributed by atoms with Crippen molar-refractivity contribution >= 4 is 11.9 Å². The SMILES string of the molecule is CC[C@@H](N)C(=O)N1CCCN(CC(=O)O)CC1. The van der Waals surface area contributed by atoms with E-state index in [0.717, 1.165) is 13.0 Å². The van der Waals surface area contributed by atoms with E-state index in [2.05, 4.69) is 0 Å². The monoisotopic (exact) mass is 243 g/mol. The fourth-order valence-corrected chi connectivity index (χ4v) is 1.95. The number of nitrogens with zero attached hydrogens (tertiary/aromatic N) is 2. The second-order valence-electron chi connectivity index (χ2n) is 4.36. The molecule has 1 saturated heterocycles. The number of carboxylic acid groups (broad SMARTS) is 1. The van der Waals surface area contributed by atoms with Crippen LogP contribution in [0.3, 0.4) is 0 Å². The summed E-state index contributed by atoms with van der Waals surface area (Å²) >= 11 is 0. The average Bonchev–Trinajstić information content (AvgIpc) is 2.52. The van der Waals surface area contributed by atoms with Gasteiger partial charge in [-0.3, -0.25) is 14.5 Å². The summed E-state index contributed by atoms with van der Waals surface area (Å²) in [6, 6.07) is -0.430. The van der Waals surface area contributed by atoms with Crippen molar-refractivity contribution in [3.05, 3.63) is 0 Å². The van der Waals surface area contributed by atoms with E-state index in [1.807, 2.05) is 11.8 Å². The summed E-state index contributed by atoms with van der Waals surface area (Å²) in [5, 5.41) is 8.72. The summed E-state index contributed by atoms with van der Waals surface area (Å²) in [7, 11) is 0. The van der Waals surface area contributed by atoms with Gasteiger partial charge in [0.05, 0.1) is 12.6 Å². The van der Waals surface area contributed by atoms with Gasteiger partial charge in [0.2, 0.25) is 5.91 Å². The molecule has 1 aliphatic heterocycles. The van der Waals surface area contributed by atoms with E-state index in [-0.39, 0.29) is 12.5 Å². The number of hydrogen-bond acceptors (Lipinski definition) is 4. The second kappa shape index (κ2) is 6.56. The lowest BCUT2D eigenvalue weighted by molar-refractivity contribution is -0.138. The van der Waals surface area contributed by atoms with Crippen LogP contribution >= 0.6 is 0 Å². The van der Waals surface area contributed by atoms with Gasteiger partial charge in [0.25, 0.3) is 0 Å². The Morgan fingerprint density at radius 1 is 1.29 bits per heavy atom. The molecular formula is C11H21N3O3. The molecule has 1 heterocycles. The zero-order valence-corrected chi connectivity index (χ0v) is 10.3. The van der Waals surface area contributed by atoms with Gasteiger partial charge in [-0.1, -0.05) is 6.92 Å². The highest BCUT2D eigenvalue weighted by Gasteiger charge is 2.23. The molecule has 0 aromatic heterocycles. The van der Waals surface area contributed by atoms with Gasteiger partial charge in [-0.2, -0.15) is 0 Å². The van der Waals surface area contributed by atoms with Crippen LogP contribution in [0, 0.1) is 0 Å². The van der Waals surface area contributed by atoms with Gasteiger partial charge in [0.15, 0.2) is 0 Å². The minimum absolute atomic E-state index is 0.0234. The number of aliphatic carboxylic acids is 1. The first-order valence-electron chi connectivity index (χ1n) is 6.03. The Morgan fingerprint density at radius 3 is 2.59 bits per heavy atom. The molecule has 17 heavy (non-hydrogen) atoms. The second-order valence-corrected chi connectivity index (χ2v) is 4.36. The first-order valence-corrected chi connectivity index (χ1v) is 6.03. The van der Waals surface area contributed by atoms with Crippen molar-refractivity contribution in [2.45, 2.75) is 25.8 Å². The third-order valence-corrected chi connectivity index (χ3v) is 3.02. The zero-order chi connectivity index (χ0) is 12.8. The molecule has 98 valence electrons. The normalized spacial score (nSPS) is 19.8. The maximum absolute atomic E-state index is 11.9. The molecule has 3 N–H and O–H groups in total. The predicted molar refractivity (Wildman–Crippen MR) is 63.5 cm³/mol. The quantitative estimate of drug-likeness (QED) is 0.684. The highest BCUT2D eigenvalue weighted by atomic mass is 16.4. The summed E-state index contributed by atoms with van der Waals surface area (Å²) in [5.74, 6) is -0.847. The van der Waals surface area contributed by atoms with Crippen LogP contribution in [0.5, 0.6) is 0 Å². The molecule has 1 atom stereocenters. The lowest BCUT2D eigenvalue weighted by atomic mass is 10.2. The highest BCUT2D eigenvalue weighted by Crippen LogP contribution is 2.05. The van der Waals surface area contributed by atoms with E-state index < -0.39 is 12.0 Å². The Morgan fingerprint density at radius 2 is 2.00 bits per heavy atom. The fraction of sp³-hybridized carbons (Fsp3) is 0.818. The van der Waals surface area contributed by atoms with Crippen molar-refractivity contribution in [3.8, 4) is 0 Å². The van der Waals surface area contributed by atoms with Crippen molar-refractivity contribution in [2.75, 3.05) is 32.7 Å². The molecule has 0 bridgehead atoms. The average molecular weight is 243 g/mol. The molecular weight excluding hydrogens is 222 g/mol. The number of carboxylic acids is 1. The highest BCUT2D eigenvalue weighted by molar-refractivity contribution is 5.81. The minimum atomic E-state index is -0.824. The van der Waals surface area contributed by atoms with Crippen molar-refractivity contribution < 1.29 is 14.7 Å². The Kier molecular flexibility index (Phi) is 5.37. The maximum Gasteiger partial charge on any atom is 0.317 e. The van der Waals surface area contributed by atoms with Crippen molar-refractivity contribution in [1.82, 2.24) is 9.80 Å². The van der Waals surface area contributed by atoms with Gasteiger partial charge in [-0.05, 0) is 12.8 Å². The number of amides is 1. The number of hydrogen-bond donors (Lipinski definition) is 2. The number of carbonyl (C=O) groups excluding carboxylic acids is 1. The van der Waals surface area contributed by atoms with Crippen LogP contribution < -0.4 is 5.73 Å². The summed E-state index contributed by atoms with van der Waals surface area (Å²) in [5.41, 5.74) is 5.71. The predicted octanol–water partition coefficient (Wildman–Crippen LogP) is -0.657. The Hall–Kier alpha value is -1.14. The molecule has 0 aromatic rings. The summed E-state index contributed by atoms with van der Waals surface area (Å²) in [6.07, 6.45) is 1.43. The largest absolute Gasteiger partial charge is 0.480 e. The van der Waals surface area contributed by atoms with Gasteiger partial charge in [-0.15, -0.1) is 0 Å². The smallest absolute Gasteiger partial charge is 0.317 e. The zero-order valence-electron chi connectivity index (χ0n) is 10.3. The van der Waals surface area contributed by atoms with Gasteiger partial charge in [-0.25, -0.2) is 0 Å². The third kappa shape index (κ3) is 4.32. The first kappa shape index (κ1) is 13.9. The molecule has 0 spiro atoms. The van der Waals surface area contributed by atoms with Crippen LogP contribution in [0.15, 0.2) is 0 Å². The van der Waals surface area contributed by atoms with Gasteiger partial charge in [0, 0.05) is 26.2 Å². The summed E-state index contributed by atoms with van der Waals surface area (Å²) in [6.45, 7) is 4.49. The Labute approximate surface area is 101 Å². The molecule has 6 nitrogen and oxygen atoms in total. The third-order valence-electron chi connectivity index (χ3n) is 3.02. The van der Waals surface area contributed by atoms with Crippen molar-refractivity contribution in [3.63, 3.8) is 0 Å². The van der Waals surface area contributed by atoms with E-state index in [9.17, 15) is 9.59 Å². The van der Waals surface area contributed by atoms with Crippen LogP contribution in [0.2, 0.25) is 0 Å². The summed E-state index contributed by atoms with van der Waals surface area (Å²) in [4.78, 5) is 26.1. The molecule has 0 radical (unpaired) electrons. The Balaban J connectivity index is 2.47. The van der Waals surface area contributed by atoms with Crippen LogP contribution in [-0.4, -0.2) is 65.5 Å². The molecule has 0 aromatic carbocycles. The molecule has 1 rings (SSSR count). The standard InChI is InChI=1S/C11H21N3O3/c1-2-9(12)11(17)14-5-3-4-13(6-7-14)8-10(15)16/h9H,2-8,12H2,1H3,(H,15,16)/t9-/m1/s1. The number of carbonyl (C=O) groups is 2. The van der Waals surface area contributed by atoms with Crippen molar-refractivity contribution in [2.24, 2.45) is 5.73 Å². The van der Waals surface area contributed by atoms with Crippen molar-refractivity contribution in [1.29, 1.82) is 0 Å². The van der Waals surface area contributed by atoms with E-state index in [0.29, 0.717) is 26.1 Å². The van der Waals surface area contributed by atoms with Crippen LogP contribution in [-0.2, 0) is 9.59 Å². The lowest BCUT2D eigenvalue weighted by Crippen LogP contribution is -2.45. The summed E-state index contributed by atoms with van der Waals surface area (Å²) < 4.78 is 0. The number of nitrogens with two attached hydrogens (primary N) is 1. The van der Waals surface area contributed by atoms with Crippen LogP contribution in [0.4, 0.5) is 0 Å². The van der Waals surface area contributed by atoms with Gasteiger partial charge < -0.3 is 15.7 Å². The molecule has 0 unspecified atom stereocenters. The molecule has 6 heteroatoms. The fourth-order valence-electron chi connectivity index (χ4n) is 1.95. The van der Waals surface area contributed by atoms with Gasteiger partial charge >= 0.3 is 5.97 Å². The van der Waals surface area contributed by atoms with E-state index in [1.54, 1.807) is 4.90 Å². The Bertz CT molecular complexity index is 283. The van der Waals surface area contributed by atoms with E-state index >= 15 is 0 Å². The van der Waals surface area contributed by atoms with E-state index in [1.165, 1.54) is 0 Å². The lowest BCUT2D eigenvalue weighted by Gasteiger charge is -2.23. The van der Waals surface area contributed by atoms with E-state index in [4.69, 9.17) is 10.8 Å². The molecule has 0 aliphatic carbocycles. The molecule has 1 fully saturated rings. The molecule has 1 aliphatic rings. The van der Waals surface area contributed by atoms with Crippen LogP contribution in [0.1, 0.15) is 19.8 Å². The van der Waals surface area contributed by atoms with Crippen LogP contribution in [0.25, 0.3) is 0 Å². The molecule has 1 amide bonds. The number of rotatable bonds is 4. The topological polar surface area (TPSA) is 86.9 Å². The van der Waals surface area contributed by atoms with Gasteiger partial charge in [0.1, 0.15) is 0 Å².